The quantitative estimate of drug-likeness (QED) is 0.513. The number of rotatable bonds is 8. The molecule has 0 spiro atoms. The van der Waals surface area contributed by atoms with Crippen LogP contribution in [0.1, 0.15) is 19.8 Å². The zero-order chi connectivity index (χ0) is 19.9. The molecule has 1 atom stereocenters. The van der Waals surface area contributed by atoms with Gasteiger partial charge in [-0.25, -0.2) is 9.78 Å². The van der Waals surface area contributed by atoms with Crippen LogP contribution >= 0.6 is 0 Å². The van der Waals surface area contributed by atoms with E-state index in [-0.39, 0.29) is 6.10 Å². The lowest BCUT2D eigenvalue weighted by molar-refractivity contribution is 0.195. The van der Waals surface area contributed by atoms with Gasteiger partial charge in [-0.2, -0.15) is 0 Å². The van der Waals surface area contributed by atoms with Crippen LogP contribution in [0.25, 0.3) is 10.9 Å². The molecule has 1 heterocycles. The summed E-state index contributed by atoms with van der Waals surface area (Å²) < 4.78 is 11.8. The van der Waals surface area contributed by atoms with Gasteiger partial charge in [-0.05, 0) is 50.1 Å². The van der Waals surface area contributed by atoms with Crippen LogP contribution < -0.4 is 26.3 Å². The summed E-state index contributed by atoms with van der Waals surface area (Å²) >= 11 is 0. The number of hydrogen-bond donors (Lipinski definition) is 3. The highest BCUT2D eigenvalue weighted by molar-refractivity contribution is 5.88. The van der Waals surface area contributed by atoms with Crippen LogP contribution in [0, 0.1) is 0 Å². The van der Waals surface area contributed by atoms with E-state index in [1.54, 1.807) is 24.3 Å². The Kier molecular flexibility index (Phi) is 6.16. The molecule has 146 valence electrons. The van der Waals surface area contributed by atoms with Crippen LogP contribution in [-0.4, -0.2) is 23.7 Å². The highest BCUT2D eigenvalue weighted by Gasteiger charge is 2.09. The number of benzene rings is 2. The molecule has 28 heavy (non-hydrogen) atoms. The fourth-order valence-electron chi connectivity index (χ4n) is 2.87. The van der Waals surface area contributed by atoms with Crippen molar-refractivity contribution >= 4 is 28.4 Å². The summed E-state index contributed by atoms with van der Waals surface area (Å²) in [6, 6.07) is 16.0. The number of para-hydroxylation sites is 1. The summed E-state index contributed by atoms with van der Waals surface area (Å²) in [5.74, 6) is 1.87. The minimum absolute atomic E-state index is 0.000272. The lowest BCUT2D eigenvalue weighted by Crippen LogP contribution is -2.19. The van der Waals surface area contributed by atoms with Crippen molar-refractivity contribution in [3.8, 4) is 11.5 Å². The number of pyridine rings is 1. The summed E-state index contributed by atoms with van der Waals surface area (Å²) in [7, 11) is 0. The molecule has 0 radical (unpaired) electrons. The number of carbonyl (C=O) groups is 1. The maximum Gasteiger partial charge on any atom is 0.316 e. The first-order valence-electron chi connectivity index (χ1n) is 9.12. The second-order valence-electron chi connectivity index (χ2n) is 6.50. The number of hydrogen-bond acceptors (Lipinski definition) is 5. The summed E-state index contributed by atoms with van der Waals surface area (Å²) in [6.45, 7) is 2.55. The maximum atomic E-state index is 10.9. The fraction of sp³-hybridized carbons (Fsp3) is 0.238. The summed E-state index contributed by atoms with van der Waals surface area (Å²) in [5, 5.41) is 3.52. The second-order valence-corrected chi connectivity index (χ2v) is 6.50. The summed E-state index contributed by atoms with van der Waals surface area (Å²) in [4.78, 5) is 15.3. The second kappa shape index (κ2) is 8.94. The smallest absolute Gasteiger partial charge is 0.316 e. The van der Waals surface area contributed by atoms with Crippen LogP contribution in [0.2, 0.25) is 0 Å². The maximum absolute atomic E-state index is 10.9. The highest BCUT2D eigenvalue weighted by Crippen LogP contribution is 2.26. The zero-order valence-electron chi connectivity index (χ0n) is 15.7. The van der Waals surface area contributed by atoms with Crippen molar-refractivity contribution < 1.29 is 14.3 Å². The van der Waals surface area contributed by atoms with E-state index in [1.807, 2.05) is 37.3 Å². The van der Waals surface area contributed by atoms with E-state index in [4.69, 9.17) is 20.9 Å². The van der Waals surface area contributed by atoms with Crippen LogP contribution in [-0.2, 0) is 0 Å². The van der Waals surface area contributed by atoms with Crippen LogP contribution in [0.15, 0.2) is 54.6 Å². The molecule has 1 aromatic heterocycles. The average Bonchev–Trinajstić information content (AvgIpc) is 2.65. The fourth-order valence-corrected chi connectivity index (χ4v) is 2.87. The lowest BCUT2D eigenvalue weighted by Gasteiger charge is -2.16. The van der Waals surface area contributed by atoms with Crippen molar-refractivity contribution in [2.75, 3.05) is 17.7 Å². The number of primary amides is 1. The van der Waals surface area contributed by atoms with Crippen molar-refractivity contribution in [2.45, 2.75) is 25.9 Å². The first kappa shape index (κ1) is 19.3. The Morgan fingerprint density at radius 2 is 2.00 bits per heavy atom. The van der Waals surface area contributed by atoms with Crippen molar-refractivity contribution in [1.29, 1.82) is 0 Å². The van der Waals surface area contributed by atoms with Gasteiger partial charge in [0.1, 0.15) is 22.8 Å². The van der Waals surface area contributed by atoms with E-state index in [0.717, 1.165) is 29.5 Å². The molecular weight excluding hydrogens is 356 g/mol. The number of nitrogens with zero attached hydrogens (tertiary/aromatic N) is 1. The van der Waals surface area contributed by atoms with Gasteiger partial charge < -0.3 is 26.3 Å². The topological polar surface area (TPSA) is 112 Å². The van der Waals surface area contributed by atoms with E-state index in [1.165, 1.54) is 0 Å². The molecule has 0 fully saturated rings. The Balaban J connectivity index is 1.50. The normalized spacial score (nSPS) is 11.8. The molecule has 5 N–H and O–H groups in total. The number of amides is 2. The molecule has 0 saturated heterocycles. The number of nitrogen functional groups attached to an aromatic ring is 1. The van der Waals surface area contributed by atoms with Gasteiger partial charge in [-0.3, -0.25) is 0 Å². The largest absolute Gasteiger partial charge is 0.494 e. The Hall–Kier alpha value is -3.48. The number of anilines is 2. The van der Waals surface area contributed by atoms with Gasteiger partial charge in [-0.1, -0.05) is 18.2 Å². The van der Waals surface area contributed by atoms with Crippen LogP contribution in [0.4, 0.5) is 16.3 Å². The van der Waals surface area contributed by atoms with Gasteiger partial charge in [0.15, 0.2) is 0 Å². The van der Waals surface area contributed by atoms with Crippen molar-refractivity contribution in [3.05, 3.63) is 54.6 Å². The minimum atomic E-state index is -0.604. The predicted molar refractivity (Wildman–Crippen MR) is 111 cm³/mol. The number of nitrogens with one attached hydrogen (secondary N) is 1. The van der Waals surface area contributed by atoms with Gasteiger partial charge >= 0.3 is 6.03 Å². The van der Waals surface area contributed by atoms with E-state index in [2.05, 4.69) is 10.3 Å². The summed E-state index contributed by atoms with van der Waals surface area (Å²) in [6.07, 6.45) is 1.63. The monoisotopic (exact) mass is 380 g/mol. The number of nitrogens with two attached hydrogens (primary N) is 2. The molecular formula is C21H24N4O3. The third kappa shape index (κ3) is 5.26. The predicted octanol–water partition coefficient (Wildman–Crippen LogP) is 3.93. The Bertz CT molecular complexity index is 961. The van der Waals surface area contributed by atoms with E-state index in [9.17, 15) is 4.79 Å². The van der Waals surface area contributed by atoms with Crippen molar-refractivity contribution in [3.63, 3.8) is 0 Å². The molecule has 3 aromatic rings. The van der Waals surface area contributed by atoms with Crippen LogP contribution in [0.5, 0.6) is 11.5 Å². The van der Waals surface area contributed by atoms with Crippen molar-refractivity contribution in [1.82, 2.24) is 4.98 Å². The van der Waals surface area contributed by atoms with Gasteiger partial charge in [0, 0.05) is 17.1 Å². The molecule has 0 aliphatic carbocycles. The van der Waals surface area contributed by atoms with Gasteiger partial charge in [0.25, 0.3) is 0 Å². The Morgan fingerprint density at radius 1 is 1.18 bits per heavy atom. The number of carbonyl (C=O) groups excluding carboxylic acids is 1. The molecule has 0 bridgehead atoms. The standard InChI is InChI=1S/C21H24N4O3/c1-14(28-18-9-2-6-15-10-11-19(22)25-20(15)18)5-4-12-27-17-8-3-7-16(13-17)24-21(23)26/h2-3,6-11,13-14H,4-5,12H2,1H3,(H2,22,25)(H3,23,24,26). The summed E-state index contributed by atoms with van der Waals surface area (Å²) in [5.41, 5.74) is 12.3. The Morgan fingerprint density at radius 3 is 2.82 bits per heavy atom. The number of aromatic nitrogens is 1. The molecule has 1 unspecified atom stereocenters. The molecule has 2 aromatic carbocycles. The van der Waals surface area contributed by atoms with Crippen molar-refractivity contribution in [2.24, 2.45) is 5.73 Å². The molecule has 3 rings (SSSR count). The third-order valence-corrected chi connectivity index (χ3v) is 4.16. The molecule has 0 aliphatic rings. The van der Waals surface area contributed by atoms with Gasteiger partial charge in [-0.15, -0.1) is 0 Å². The molecule has 0 aliphatic heterocycles. The number of urea groups is 1. The van der Waals surface area contributed by atoms with E-state index < -0.39 is 6.03 Å². The first-order chi connectivity index (χ1) is 13.5. The van der Waals surface area contributed by atoms with Crippen LogP contribution in [0.3, 0.4) is 0 Å². The Labute approximate surface area is 163 Å². The van der Waals surface area contributed by atoms with E-state index in [0.29, 0.717) is 23.9 Å². The molecule has 7 nitrogen and oxygen atoms in total. The SMILES string of the molecule is CC(CCCOc1cccc(NC(N)=O)c1)Oc1cccc2ccc(N)nc12. The van der Waals surface area contributed by atoms with E-state index >= 15 is 0 Å². The molecule has 0 saturated carbocycles. The molecule has 7 heteroatoms. The average molecular weight is 380 g/mol. The first-order valence-corrected chi connectivity index (χ1v) is 9.12. The lowest BCUT2D eigenvalue weighted by atomic mass is 10.2. The number of ether oxygens (including phenoxy) is 2. The van der Waals surface area contributed by atoms with Gasteiger partial charge in [0.05, 0.1) is 12.7 Å². The zero-order valence-corrected chi connectivity index (χ0v) is 15.7. The molecule has 2 amide bonds. The highest BCUT2D eigenvalue weighted by atomic mass is 16.5. The third-order valence-electron chi connectivity index (χ3n) is 4.16. The van der Waals surface area contributed by atoms with Gasteiger partial charge in [0.2, 0.25) is 0 Å². The number of fused-ring (bicyclic) bond motifs is 1. The minimum Gasteiger partial charge on any atom is -0.494 e.